The highest BCUT2D eigenvalue weighted by Crippen LogP contribution is 2.37. The standard InChI is InChI=1S/C20H14N2O2.ClH/c1-3-7-16-14(5-1)20(15-6-2-4-8-17(15)22-16)21-13-9-10-18-19(11-13)24-12-23-18;/h1-11H,12H2,(H,21,22);1H. The minimum Gasteiger partial charge on any atom is -1.00 e. The predicted octanol–water partition coefficient (Wildman–Crippen LogP) is 1.28. The van der Waals surface area contributed by atoms with Gasteiger partial charge in [-0.25, -0.2) is 4.98 Å². The number of aromatic amines is 1. The number of rotatable bonds is 2. The molecule has 0 amide bonds. The van der Waals surface area contributed by atoms with Gasteiger partial charge in [0.15, 0.2) is 11.5 Å². The number of H-pyrrole nitrogens is 1. The Labute approximate surface area is 150 Å². The highest BCUT2D eigenvalue weighted by Gasteiger charge is 2.16. The van der Waals surface area contributed by atoms with Crippen LogP contribution in [-0.2, 0) is 0 Å². The van der Waals surface area contributed by atoms with Gasteiger partial charge in [-0.3, -0.25) is 0 Å². The van der Waals surface area contributed by atoms with Gasteiger partial charge in [-0.15, -0.1) is 0 Å². The van der Waals surface area contributed by atoms with Crippen LogP contribution in [-0.4, -0.2) is 6.79 Å². The summed E-state index contributed by atoms with van der Waals surface area (Å²) >= 11 is 0. The van der Waals surface area contributed by atoms with Gasteiger partial charge in [0.05, 0.1) is 16.5 Å². The Morgan fingerprint density at radius 2 is 1.40 bits per heavy atom. The Morgan fingerprint density at radius 1 is 0.760 bits per heavy atom. The number of ether oxygens (including phenoxy) is 2. The summed E-state index contributed by atoms with van der Waals surface area (Å²) in [5.41, 5.74) is 4.25. The van der Waals surface area contributed by atoms with Gasteiger partial charge in [0.1, 0.15) is 0 Å². The van der Waals surface area contributed by atoms with Crippen LogP contribution in [0.3, 0.4) is 0 Å². The monoisotopic (exact) mass is 350 g/mol. The summed E-state index contributed by atoms with van der Waals surface area (Å²) in [5, 5.41) is 5.86. The maximum atomic E-state index is 5.48. The molecule has 4 nitrogen and oxygen atoms in total. The molecule has 0 atom stereocenters. The van der Waals surface area contributed by atoms with Crippen molar-refractivity contribution in [2.75, 3.05) is 12.1 Å². The maximum absolute atomic E-state index is 5.48. The number of aromatic nitrogens is 1. The van der Waals surface area contributed by atoms with E-state index in [0.717, 1.165) is 44.7 Å². The van der Waals surface area contributed by atoms with Crippen molar-refractivity contribution in [3.63, 3.8) is 0 Å². The average Bonchev–Trinajstić information content (AvgIpc) is 3.09. The van der Waals surface area contributed by atoms with Gasteiger partial charge < -0.3 is 27.2 Å². The summed E-state index contributed by atoms with van der Waals surface area (Å²) in [6.07, 6.45) is 0. The highest BCUT2D eigenvalue weighted by atomic mass is 35.5. The number of halogens is 1. The van der Waals surface area contributed by atoms with Crippen molar-refractivity contribution < 1.29 is 26.9 Å². The topological polar surface area (TPSA) is 44.6 Å². The lowest BCUT2D eigenvalue weighted by Crippen LogP contribution is -3.00. The first-order chi connectivity index (χ1) is 11.9. The van der Waals surface area contributed by atoms with Gasteiger partial charge in [0.25, 0.3) is 0 Å². The molecule has 3 aromatic carbocycles. The summed E-state index contributed by atoms with van der Waals surface area (Å²) < 4.78 is 10.9. The molecule has 5 rings (SSSR count). The molecule has 4 aromatic rings. The van der Waals surface area contributed by atoms with Crippen molar-refractivity contribution in [3.05, 3.63) is 66.7 Å². The highest BCUT2D eigenvalue weighted by molar-refractivity contribution is 6.06. The average molecular weight is 351 g/mol. The number of nitrogens with one attached hydrogen (secondary N) is 2. The Balaban J connectivity index is 0.00000157. The Kier molecular flexibility index (Phi) is 3.82. The van der Waals surface area contributed by atoms with E-state index in [0.29, 0.717) is 0 Å². The van der Waals surface area contributed by atoms with Crippen molar-refractivity contribution in [3.8, 4) is 11.5 Å². The van der Waals surface area contributed by atoms with E-state index in [1.807, 2.05) is 30.3 Å². The number of benzene rings is 3. The summed E-state index contributed by atoms with van der Waals surface area (Å²) in [6, 6.07) is 22.5. The molecule has 1 aliphatic rings. The van der Waals surface area contributed by atoms with Crippen LogP contribution in [0.4, 0.5) is 11.4 Å². The molecular weight excluding hydrogens is 336 g/mol. The second-order valence-corrected chi connectivity index (χ2v) is 5.78. The van der Waals surface area contributed by atoms with Crippen LogP contribution in [0.5, 0.6) is 11.5 Å². The fraction of sp³-hybridized carbons (Fsp3) is 0.0500. The third-order valence-electron chi connectivity index (χ3n) is 4.30. The van der Waals surface area contributed by atoms with E-state index in [1.165, 1.54) is 0 Å². The minimum absolute atomic E-state index is 0. The van der Waals surface area contributed by atoms with E-state index >= 15 is 0 Å². The van der Waals surface area contributed by atoms with Crippen LogP contribution < -0.4 is 32.2 Å². The lowest BCUT2D eigenvalue weighted by Gasteiger charge is -2.11. The minimum atomic E-state index is 0. The van der Waals surface area contributed by atoms with Crippen molar-refractivity contribution in [1.29, 1.82) is 0 Å². The van der Waals surface area contributed by atoms with Crippen molar-refractivity contribution in [1.82, 2.24) is 0 Å². The van der Waals surface area contributed by atoms with Gasteiger partial charge in [0, 0.05) is 23.9 Å². The third-order valence-corrected chi connectivity index (χ3v) is 4.30. The molecule has 2 N–H and O–H groups in total. The van der Waals surface area contributed by atoms with E-state index in [1.54, 1.807) is 0 Å². The number of hydrogen-bond acceptors (Lipinski definition) is 3. The first kappa shape index (κ1) is 15.5. The van der Waals surface area contributed by atoms with Crippen LogP contribution in [0, 0.1) is 0 Å². The van der Waals surface area contributed by atoms with Crippen LogP contribution in [0.1, 0.15) is 0 Å². The molecule has 5 heteroatoms. The van der Waals surface area contributed by atoms with Crippen LogP contribution in [0.25, 0.3) is 21.8 Å². The molecule has 2 heterocycles. The molecule has 25 heavy (non-hydrogen) atoms. The fourth-order valence-corrected chi connectivity index (χ4v) is 3.16. The van der Waals surface area contributed by atoms with Crippen LogP contribution in [0.2, 0.25) is 0 Å². The summed E-state index contributed by atoms with van der Waals surface area (Å²) in [6.45, 7) is 0.283. The number of fused-ring (bicyclic) bond motifs is 3. The lowest BCUT2D eigenvalue weighted by atomic mass is 10.1. The quantitative estimate of drug-likeness (QED) is 0.554. The fourth-order valence-electron chi connectivity index (χ4n) is 3.16. The van der Waals surface area contributed by atoms with E-state index in [9.17, 15) is 0 Å². The zero-order chi connectivity index (χ0) is 15.9. The van der Waals surface area contributed by atoms with E-state index in [-0.39, 0.29) is 19.2 Å². The van der Waals surface area contributed by atoms with Gasteiger partial charge in [-0.05, 0) is 24.3 Å². The predicted molar refractivity (Wildman–Crippen MR) is 93.9 cm³/mol. The largest absolute Gasteiger partial charge is 1.00 e. The summed E-state index contributed by atoms with van der Waals surface area (Å²) in [5.74, 6) is 1.56. The lowest BCUT2D eigenvalue weighted by molar-refractivity contribution is -0.310. The molecule has 0 fully saturated rings. The third kappa shape index (κ3) is 2.61. The normalized spacial score (nSPS) is 12.2. The molecule has 0 aliphatic carbocycles. The Bertz CT molecular complexity index is 1030. The van der Waals surface area contributed by atoms with Crippen LogP contribution >= 0.6 is 0 Å². The van der Waals surface area contributed by atoms with Gasteiger partial charge >= 0.3 is 0 Å². The first-order valence-electron chi connectivity index (χ1n) is 7.88. The maximum Gasteiger partial charge on any atom is 0.231 e. The number of pyridine rings is 1. The Morgan fingerprint density at radius 3 is 2.12 bits per heavy atom. The SMILES string of the molecule is [Cl-].c1ccc2c(Nc3ccc4c(c3)OCO4)c3ccccc3[nH+]c2c1. The molecule has 124 valence electrons. The number of anilines is 2. The molecule has 0 spiro atoms. The Hall–Kier alpha value is -2.98. The van der Waals surface area contributed by atoms with E-state index < -0.39 is 0 Å². The molecule has 0 unspecified atom stereocenters. The van der Waals surface area contributed by atoms with Crippen LogP contribution in [0.15, 0.2) is 66.7 Å². The second kappa shape index (κ2) is 6.15. The molecule has 0 saturated heterocycles. The van der Waals surface area contributed by atoms with Crippen molar-refractivity contribution in [2.45, 2.75) is 0 Å². The van der Waals surface area contributed by atoms with Crippen molar-refractivity contribution >= 4 is 33.2 Å². The summed E-state index contributed by atoms with van der Waals surface area (Å²) in [4.78, 5) is 3.49. The molecule has 0 radical (unpaired) electrons. The van der Waals surface area contributed by atoms with Gasteiger partial charge in [0.2, 0.25) is 17.8 Å². The van der Waals surface area contributed by atoms with Crippen molar-refractivity contribution in [2.24, 2.45) is 0 Å². The summed E-state index contributed by atoms with van der Waals surface area (Å²) in [7, 11) is 0. The molecule has 0 saturated carbocycles. The van der Waals surface area contributed by atoms with E-state index in [2.05, 4.69) is 46.7 Å². The molecule has 1 aliphatic heterocycles. The number of para-hydroxylation sites is 2. The zero-order valence-corrected chi connectivity index (χ0v) is 14.0. The smallest absolute Gasteiger partial charge is 0.231 e. The molecule has 1 aromatic heterocycles. The van der Waals surface area contributed by atoms with Gasteiger partial charge in [-0.1, -0.05) is 24.3 Å². The zero-order valence-electron chi connectivity index (χ0n) is 13.3. The molecule has 0 bridgehead atoms. The van der Waals surface area contributed by atoms with E-state index in [4.69, 9.17) is 9.47 Å². The molecular formula is C20H15ClN2O2. The first-order valence-corrected chi connectivity index (χ1v) is 7.88. The van der Waals surface area contributed by atoms with Gasteiger partial charge in [-0.2, -0.15) is 0 Å². The second-order valence-electron chi connectivity index (χ2n) is 5.78. The number of hydrogen-bond donors (Lipinski definition) is 1.